The molecule has 1 aromatic carbocycles. The molecule has 0 aliphatic rings. The summed E-state index contributed by atoms with van der Waals surface area (Å²) in [6, 6.07) is 7.38. The van der Waals surface area contributed by atoms with Gasteiger partial charge in [0.05, 0.1) is 12.7 Å². The van der Waals surface area contributed by atoms with E-state index in [4.69, 9.17) is 4.74 Å². The number of carbonyl (C=O) groups excluding carboxylic acids is 1. The van der Waals surface area contributed by atoms with Crippen LogP contribution in [0.5, 0.6) is 5.75 Å². The Balaban J connectivity index is 2.44. The zero-order valence-electron chi connectivity index (χ0n) is 10.3. The third-order valence-corrected chi connectivity index (χ3v) is 2.45. The first-order chi connectivity index (χ1) is 8.15. The van der Waals surface area contributed by atoms with Gasteiger partial charge in [-0.15, -0.1) is 0 Å². The van der Waals surface area contributed by atoms with E-state index >= 15 is 0 Å². The molecule has 0 aliphatic carbocycles. The maximum atomic E-state index is 11.0. The summed E-state index contributed by atoms with van der Waals surface area (Å²) in [5.74, 6) is 0.691. The Morgan fingerprint density at radius 2 is 2.18 bits per heavy atom. The first kappa shape index (κ1) is 13.5. The lowest BCUT2D eigenvalue weighted by molar-refractivity contribution is -0.120. The summed E-state index contributed by atoms with van der Waals surface area (Å²) in [5, 5.41) is 12.1. The van der Waals surface area contributed by atoms with Gasteiger partial charge in [-0.25, -0.2) is 0 Å². The molecule has 0 radical (unpaired) electrons. The average molecular weight is 237 g/mol. The molecule has 0 aromatic heterocycles. The molecule has 94 valence electrons. The van der Waals surface area contributed by atoms with Crippen LogP contribution in [-0.4, -0.2) is 24.7 Å². The summed E-state index contributed by atoms with van der Waals surface area (Å²) in [5.41, 5.74) is 0.771. The fraction of sp³-hybridized carbons (Fsp3) is 0.462. The van der Waals surface area contributed by atoms with E-state index in [-0.39, 0.29) is 5.91 Å². The second-order valence-corrected chi connectivity index (χ2v) is 3.84. The van der Waals surface area contributed by atoms with Gasteiger partial charge in [0.15, 0.2) is 0 Å². The van der Waals surface area contributed by atoms with Gasteiger partial charge in [-0.05, 0) is 19.4 Å². The van der Waals surface area contributed by atoms with Gasteiger partial charge in [0.1, 0.15) is 5.75 Å². The highest BCUT2D eigenvalue weighted by atomic mass is 16.5. The van der Waals surface area contributed by atoms with Crippen molar-refractivity contribution in [2.24, 2.45) is 0 Å². The third-order valence-electron chi connectivity index (χ3n) is 2.45. The van der Waals surface area contributed by atoms with Crippen molar-refractivity contribution >= 4 is 5.91 Å². The number of nitrogens with one attached hydrogen (secondary N) is 1. The van der Waals surface area contributed by atoms with Crippen LogP contribution < -0.4 is 10.1 Å². The maximum absolute atomic E-state index is 11.0. The van der Waals surface area contributed by atoms with Gasteiger partial charge >= 0.3 is 0 Å². The van der Waals surface area contributed by atoms with Gasteiger partial charge in [-0.1, -0.05) is 18.2 Å². The Hall–Kier alpha value is -1.55. The molecule has 1 atom stereocenters. The third kappa shape index (κ3) is 4.44. The predicted octanol–water partition coefficient (Wildman–Crippen LogP) is 1.64. The van der Waals surface area contributed by atoms with Gasteiger partial charge < -0.3 is 15.2 Å². The van der Waals surface area contributed by atoms with Crippen LogP contribution in [0.15, 0.2) is 24.3 Å². The van der Waals surface area contributed by atoms with Crippen LogP contribution in [0.2, 0.25) is 0 Å². The van der Waals surface area contributed by atoms with E-state index in [1.807, 2.05) is 24.3 Å². The molecule has 0 heterocycles. The fourth-order valence-corrected chi connectivity index (χ4v) is 1.50. The Kier molecular flexibility index (Phi) is 5.49. The number of hydrogen-bond donors (Lipinski definition) is 2. The van der Waals surface area contributed by atoms with Gasteiger partial charge in [0.25, 0.3) is 0 Å². The SMILES string of the molecule is CNC(=O)CCCOc1ccccc1C(C)O. The molecule has 0 saturated heterocycles. The lowest BCUT2D eigenvalue weighted by Gasteiger charge is -2.12. The number of aliphatic hydroxyl groups is 1. The van der Waals surface area contributed by atoms with E-state index in [0.717, 1.165) is 5.56 Å². The van der Waals surface area contributed by atoms with Crippen molar-refractivity contribution in [1.82, 2.24) is 5.32 Å². The normalized spacial score (nSPS) is 11.9. The number of ether oxygens (including phenoxy) is 1. The zero-order chi connectivity index (χ0) is 12.7. The van der Waals surface area contributed by atoms with Crippen molar-refractivity contribution in [3.63, 3.8) is 0 Å². The van der Waals surface area contributed by atoms with Crippen LogP contribution in [0.25, 0.3) is 0 Å². The zero-order valence-corrected chi connectivity index (χ0v) is 10.3. The molecule has 0 aliphatic heterocycles. The van der Waals surface area contributed by atoms with Gasteiger partial charge in [-0.2, -0.15) is 0 Å². The molecule has 0 saturated carbocycles. The molecule has 1 aromatic rings. The number of para-hydroxylation sites is 1. The lowest BCUT2D eigenvalue weighted by atomic mass is 10.1. The number of aliphatic hydroxyl groups excluding tert-OH is 1. The molecule has 1 amide bonds. The number of rotatable bonds is 6. The molecule has 4 nitrogen and oxygen atoms in total. The Morgan fingerprint density at radius 1 is 1.47 bits per heavy atom. The topological polar surface area (TPSA) is 58.6 Å². The summed E-state index contributed by atoms with van der Waals surface area (Å²) in [4.78, 5) is 11.0. The molecule has 0 bridgehead atoms. The van der Waals surface area contributed by atoms with E-state index in [2.05, 4.69) is 5.32 Å². The maximum Gasteiger partial charge on any atom is 0.219 e. The number of carbonyl (C=O) groups is 1. The standard InChI is InChI=1S/C13H19NO3/c1-10(15)11-6-3-4-7-12(11)17-9-5-8-13(16)14-2/h3-4,6-7,10,15H,5,8-9H2,1-2H3,(H,14,16). The molecular formula is C13H19NO3. The van der Waals surface area contributed by atoms with Gasteiger partial charge in [-0.3, -0.25) is 4.79 Å². The van der Waals surface area contributed by atoms with Crippen LogP contribution in [0, 0.1) is 0 Å². The monoisotopic (exact) mass is 237 g/mol. The Labute approximate surface area is 102 Å². The van der Waals surface area contributed by atoms with Crippen molar-refractivity contribution in [2.45, 2.75) is 25.9 Å². The minimum Gasteiger partial charge on any atom is -0.493 e. The molecule has 1 rings (SSSR count). The summed E-state index contributed by atoms with van der Waals surface area (Å²) >= 11 is 0. The molecule has 2 N–H and O–H groups in total. The fourth-order valence-electron chi connectivity index (χ4n) is 1.50. The van der Waals surface area contributed by atoms with Gasteiger partial charge in [0, 0.05) is 19.0 Å². The summed E-state index contributed by atoms with van der Waals surface area (Å²) in [7, 11) is 1.62. The minimum atomic E-state index is -0.551. The number of benzene rings is 1. The Bertz CT molecular complexity index is 363. The van der Waals surface area contributed by atoms with Crippen molar-refractivity contribution in [1.29, 1.82) is 0 Å². The smallest absolute Gasteiger partial charge is 0.219 e. The van der Waals surface area contributed by atoms with E-state index < -0.39 is 6.10 Å². The highest BCUT2D eigenvalue weighted by Crippen LogP contribution is 2.24. The number of amides is 1. The van der Waals surface area contributed by atoms with Gasteiger partial charge in [0.2, 0.25) is 5.91 Å². The van der Waals surface area contributed by atoms with Crippen molar-refractivity contribution < 1.29 is 14.6 Å². The van der Waals surface area contributed by atoms with Crippen molar-refractivity contribution in [2.75, 3.05) is 13.7 Å². The van der Waals surface area contributed by atoms with Crippen LogP contribution in [0.1, 0.15) is 31.4 Å². The summed E-state index contributed by atoms with van der Waals surface area (Å²) < 4.78 is 5.55. The summed E-state index contributed by atoms with van der Waals surface area (Å²) in [6.07, 6.45) is 0.561. The van der Waals surface area contributed by atoms with Crippen LogP contribution in [0.3, 0.4) is 0 Å². The molecular weight excluding hydrogens is 218 g/mol. The first-order valence-corrected chi connectivity index (χ1v) is 5.75. The number of hydrogen-bond acceptors (Lipinski definition) is 3. The largest absolute Gasteiger partial charge is 0.493 e. The van der Waals surface area contributed by atoms with Crippen molar-refractivity contribution in [3.05, 3.63) is 29.8 Å². The molecule has 1 unspecified atom stereocenters. The van der Waals surface area contributed by atoms with E-state index in [1.54, 1.807) is 14.0 Å². The van der Waals surface area contributed by atoms with Crippen LogP contribution >= 0.6 is 0 Å². The molecule has 17 heavy (non-hydrogen) atoms. The Morgan fingerprint density at radius 3 is 2.82 bits per heavy atom. The summed E-state index contributed by atoms with van der Waals surface area (Å²) in [6.45, 7) is 2.17. The van der Waals surface area contributed by atoms with E-state index in [9.17, 15) is 9.90 Å². The second-order valence-electron chi connectivity index (χ2n) is 3.84. The highest BCUT2D eigenvalue weighted by Gasteiger charge is 2.07. The average Bonchev–Trinajstić information content (AvgIpc) is 2.34. The molecule has 4 heteroatoms. The van der Waals surface area contributed by atoms with E-state index in [0.29, 0.717) is 25.2 Å². The minimum absolute atomic E-state index is 0.0115. The van der Waals surface area contributed by atoms with Crippen molar-refractivity contribution in [3.8, 4) is 5.75 Å². The van der Waals surface area contributed by atoms with Crippen LogP contribution in [-0.2, 0) is 4.79 Å². The second kappa shape index (κ2) is 6.91. The predicted molar refractivity (Wildman–Crippen MR) is 65.9 cm³/mol. The highest BCUT2D eigenvalue weighted by molar-refractivity contribution is 5.75. The first-order valence-electron chi connectivity index (χ1n) is 5.75. The quantitative estimate of drug-likeness (QED) is 0.739. The lowest BCUT2D eigenvalue weighted by Crippen LogP contribution is -2.18. The molecule has 0 fully saturated rings. The van der Waals surface area contributed by atoms with Crippen LogP contribution in [0.4, 0.5) is 0 Å². The molecule has 0 spiro atoms. The van der Waals surface area contributed by atoms with E-state index in [1.165, 1.54) is 0 Å².